The molecule has 64 valence electrons. The van der Waals surface area contributed by atoms with Crippen molar-refractivity contribution >= 4 is 5.69 Å². The molecule has 0 saturated heterocycles. The first kappa shape index (κ1) is 8.48. The van der Waals surface area contributed by atoms with E-state index in [0.717, 1.165) is 0 Å². The highest BCUT2D eigenvalue weighted by Crippen LogP contribution is 2.03. The minimum absolute atomic E-state index is 0.547. The zero-order valence-electron chi connectivity index (χ0n) is 6.27. The molecule has 12 heavy (non-hydrogen) atoms. The second-order valence-electron chi connectivity index (χ2n) is 2.07. The summed E-state index contributed by atoms with van der Waals surface area (Å²) in [5.74, 6) is 0. The van der Waals surface area contributed by atoms with Gasteiger partial charge in [-0.1, -0.05) is 18.2 Å². The molecule has 0 unspecified atom stereocenters. The average Bonchev–Trinajstić information content (AvgIpc) is 2.05. The fourth-order valence-electron chi connectivity index (χ4n) is 0.675. The number of para-hydroxylation sites is 1. The van der Waals surface area contributed by atoms with E-state index in [4.69, 9.17) is 0 Å². The number of anilines is 1. The highest BCUT2D eigenvalue weighted by atomic mass is 16.7. The summed E-state index contributed by atoms with van der Waals surface area (Å²) in [6.07, 6.45) is 0. The molecule has 0 aliphatic rings. The van der Waals surface area contributed by atoms with Gasteiger partial charge in [-0.3, -0.25) is 15.6 Å². The van der Waals surface area contributed by atoms with Gasteiger partial charge in [-0.2, -0.15) is 0 Å². The summed E-state index contributed by atoms with van der Waals surface area (Å²) in [4.78, 5) is 13.8. The van der Waals surface area contributed by atoms with Crippen LogP contribution in [0.15, 0.2) is 30.3 Å². The molecule has 1 aromatic rings. The van der Waals surface area contributed by atoms with E-state index in [1.807, 2.05) is 6.07 Å². The molecular formula is C7H8N2O3. The van der Waals surface area contributed by atoms with Crippen molar-refractivity contribution in [2.24, 2.45) is 0 Å². The zero-order chi connectivity index (χ0) is 8.81. The van der Waals surface area contributed by atoms with Crippen molar-refractivity contribution in [2.45, 2.75) is 0 Å². The minimum atomic E-state index is -0.560. The number of hydrogen-bond acceptors (Lipinski definition) is 4. The first-order valence-corrected chi connectivity index (χ1v) is 3.33. The van der Waals surface area contributed by atoms with Crippen molar-refractivity contribution in [3.8, 4) is 0 Å². The Bertz CT molecular complexity index is 250. The lowest BCUT2D eigenvalue weighted by Crippen LogP contribution is -2.10. The van der Waals surface area contributed by atoms with Gasteiger partial charge in [-0.05, 0) is 12.1 Å². The Morgan fingerprint density at radius 2 is 2.08 bits per heavy atom. The van der Waals surface area contributed by atoms with Gasteiger partial charge in [0.05, 0.1) is 10.6 Å². The first-order valence-electron chi connectivity index (χ1n) is 3.33. The van der Waals surface area contributed by atoms with E-state index in [-0.39, 0.29) is 0 Å². The molecule has 5 nitrogen and oxygen atoms in total. The third-order valence-corrected chi connectivity index (χ3v) is 1.13. The number of nitrogens with zero attached hydrogens (tertiary/aromatic N) is 1. The van der Waals surface area contributed by atoms with E-state index in [2.05, 4.69) is 10.3 Å². The lowest BCUT2D eigenvalue weighted by Gasteiger charge is -2.01. The van der Waals surface area contributed by atoms with E-state index in [9.17, 15) is 10.1 Å². The standard InChI is InChI=1S/C7H8N2O3/c10-9(11)6-12-8-7-4-2-1-3-5-7/h1-5,8H,6H2. The molecule has 1 rings (SSSR count). The fraction of sp³-hybridized carbons (Fsp3) is 0.143. The van der Waals surface area contributed by atoms with Crippen molar-refractivity contribution in [3.63, 3.8) is 0 Å². The largest absolute Gasteiger partial charge is 0.326 e. The lowest BCUT2D eigenvalue weighted by molar-refractivity contribution is -0.523. The van der Waals surface area contributed by atoms with Crippen molar-refractivity contribution < 1.29 is 9.76 Å². The van der Waals surface area contributed by atoms with E-state index < -0.39 is 11.7 Å². The summed E-state index contributed by atoms with van der Waals surface area (Å²) in [6.45, 7) is -0.547. The van der Waals surface area contributed by atoms with Gasteiger partial charge in [0.15, 0.2) is 0 Å². The summed E-state index contributed by atoms with van der Waals surface area (Å²) in [5.41, 5.74) is 3.13. The summed E-state index contributed by atoms with van der Waals surface area (Å²) >= 11 is 0. The van der Waals surface area contributed by atoms with Crippen molar-refractivity contribution in [1.82, 2.24) is 0 Å². The van der Waals surface area contributed by atoms with Crippen LogP contribution in [-0.2, 0) is 4.84 Å². The van der Waals surface area contributed by atoms with Gasteiger partial charge in [-0.25, -0.2) is 4.84 Å². The molecule has 0 atom stereocenters. The van der Waals surface area contributed by atoms with Crippen LogP contribution in [0.25, 0.3) is 0 Å². The molecule has 0 aliphatic carbocycles. The van der Waals surface area contributed by atoms with Gasteiger partial charge >= 0.3 is 6.73 Å². The van der Waals surface area contributed by atoms with Crippen molar-refractivity contribution in [3.05, 3.63) is 40.4 Å². The van der Waals surface area contributed by atoms with Crippen LogP contribution in [0.2, 0.25) is 0 Å². The fourth-order valence-corrected chi connectivity index (χ4v) is 0.675. The molecule has 0 fully saturated rings. The van der Waals surface area contributed by atoms with Crippen LogP contribution < -0.4 is 5.48 Å². The van der Waals surface area contributed by atoms with Crippen molar-refractivity contribution in [1.29, 1.82) is 0 Å². The molecule has 1 N–H and O–H groups in total. The summed E-state index contributed by atoms with van der Waals surface area (Å²) < 4.78 is 0. The lowest BCUT2D eigenvalue weighted by atomic mass is 10.3. The third-order valence-electron chi connectivity index (χ3n) is 1.13. The van der Waals surface area contributed by atoms with Crippen LogP contribution in [0.1, 0.15) is 0 Å². The predicted molar refractivity (Wildman–Crippen MR) is 43.0 cm³/mol. The van der Waals surface area contributed by atoms with Crippen LogP contribution in [0.3, 0.4) is 0 Å². The van der Waals surface area contributed by atoms with Crippen LogP contribution in [-0.4, -0.2) is 11.7 Å². The van der Waals surface area contributed by atoms with Crippen LogP contribution >= 0.6 is 0 Å². The van der Waals surface area contributed by atoms with E-state index in [1.54, 1.807) is 24.3 Å². The monoisotopic (exact) mass is 168 g/mol. The Hall–Kier alpha value is -1.62. The minimum Gasteiger partial charge on any atom is -0.262 e. The van der Waals surface area contributed by atoms with Gasteiger partial charge < -0.3 is 0 Å². The van der Waals surface area contributed by atoms with Gasteiger partial charge in [-0.15, -0.1) is 0 Å². The maximum atomic E-state index is 9.83. The first-order chi connectivity index (χ1) is 5.79. The molecule has 0 spiro atoms. The molecule has 0 aromatic heterocycles. The Morgan fingerprint density at radius 3 is 2.67 bits per heavy atom. The molecule has 0 heterocycles. The summed E-state index contributed by atoms with van der Waals surface area (Å²) in [7, 11) is 0. The predicted octanol–water partition coefficient (Wildman–Crippen LogP) is 1.26. The highest BCUT2D eigenvalue weighted by Gasteiger charge is 1.94. The maximum Gasteiger partial charge on any atom is 0.326 e. The number of hydrogen-bond donors (Lipinski definition) is 1. The molecule has 0 amide bonds. The molecule has 0 radical (unpaired) electrons. The number of nitrogens with one attached hydrogen (secondary N) is 1. The zero-order valence-corrected chi connectivity index (χ0v) is 6.27. The Kier molecular flexibility index (Phi) is 3.04. The quantitative estimate of drug-likeness (QED) is 0.417. The van der Waals surface area contributed by atoms with Gasteiger partial charge in [0.2, 0.25) is 0 Å². The summed E-state index contributed by atoms with van der Waals surface area (Å²) in [5, 5.41) is 9.83. The normalized spacial score (nSPS) is 9.33. The molecule has 0 aliphatic heterocycles. The molecule has 0 bridgehead atoms. The SMILES string of the molecule is O=[N+]([O-])CONc1ccccc1. The van der Waals surface area contributed by atoms with Crippen LogP contribution in [0, 0.1) is 10.1 Å². The van der Waals surface area contributed by atoms with Gasteiger partial charge in [0.1, 0.15) is 0 Å². The Morgan fingerprint density at radius 1 is 1.42 bits per heavy atom. The van der Waals surface area contributed by atoms with Crippen LogP contribution in [0.4, 0.5) is 5.69 Å². The van der Waals surface area contributed by atoms with Crippen LogP contribution in [0.5, 0.6) is 0 Å². The van der Waals surface area contributed by atoms with Gasteiger partial charge in [0, 0.05) is 0 Å². The maximum absolute atomic E-state index is 9.83. The second-order valence-corrected chi connectivity index (χ2v) is 2.07. The average molecular weight is 168 g/mol. The molecule has 5 heteroatoms. The molecular weight excluding hydrogens is 160 g/mol. The summed E-state index contributed by atoms with van der Waals surface area (Å²) in [6, 6.07) is 8.95. The third kappa shape index (κ3) is 2.98. The smallest absolute Gasteiger partial charge is 0.262 e. The van der Waals surface area contributed by atoms with Gasteiger partial charge in [0.25, 0.3) is 0 Å². The molecule has 1 aromatic carbocycles. The Balaban J connectivity index is 2.29. The topological polar surface area (TPSA) is 64.4 Å². The van der Waals surface area contributed by atoms with Crippen molar-refractivity contribution in [2.75, 3.05) is 12.2 Å². The number of nitro groups is 1. The molecule has 0 saturated carbocycles. The van der Waals surface area contributed by atoms with E-state index in [1.165, 1.54) is 0 Å². The number of rotatable bonds is 4. The second kappa shape index (κ2) is 4.30. The van der Waals surface area contributed by atoms with E-state index >= 15 is 0 Å². The Labute approximate surface area is 69.1 Å². The number of benzene rings is 1. The highest BCUT2D eigenvalue weighted by molar-refractivity contribution is 5.39. The van der Waals surface area contributed by atoms with E-state index in [0.29, 0.717) is 5.69 Å².